The van der Waals surface area contributed by atoms with Crippen molar-refractivity contribution in [3.05, 3.63) is 70.2 Å². The van der Waals surface area contributed by atoms with E-state index in [1.807, 2.05) is 53.4 Å². The second-order valence-corrected chi connectivity index (χ2v) is 7.80. The third kappa shape index (κ3) is 3.06. The first-order valence-corrected chi connectivity index (χ1v) is 9.97. The van der Waals surface area contributed by atoms with Crippen LogP contribution in [0.3, 0.4) is 0 Å². The van der Waals surface area contributed by atoms with Gasteiger partial charge in [-0.15, -0.1) is 0 Å². The molecule has 1 heterocycles. The van der Waals surface area contributed by atoms with Gasteiger partial charge in [0.1, 0.15) is 0 Å². The Morgan fingerprint density at radius 1 is 1.19 bits per heavy atom. The van der Waals surface area contributed by atoms with Crippen molar-refractivity contribution in [1.82, 2.24) is 4.90 Å². The molecule has 1 amide bonds. The molecule has 1 aliphatic heterocycles. The molecule has 2 aromatic carbocycles. The molecular weight excluding hydrogens is 362 g/mol. The van der Waals surface area contributed by atoms with Crippen LogP contribution in [0, 0.1) is 0 Å². The van der Waals surface area contributed by atoms with E-state index in [4.69, 9.17) is 16.3 Å². The van der Waals surface area contributed by atoms with E-state index in [9.17, 15) is 9.90 Å². The summed E-state index contributed by atoms with van der Waals surface area (Å²) >= 11 is 6.13. The number of carbonyl (C=O) groups excluding carboxylic acids is 1. The summed E-state index contributed by atoms with van der Waals surface area (Å²) in [5, 5.41) is 10.6. The van der Waals surface area contributed by atoms with E-state index in [1.165, 1.54) is 0 Å². The van der Waals surface area contributed by atoms with Crippen molar-refractivity contribution in [2.45, 2.75) is 50.5 Å². The number of ether oxygens (including phenoxy) is 1. The van der Waals surface area contributed by atoms with Crippen molar-refractivity contribution in [3.63, 3.8) is 0 Å². The minimum Gasteiger partial charge on any atom is -0.393 e. The van der Waals surface area contributed by atoms with Gasteiger partial charge in [0, 0.05) is 28.3 Å². The molecule has 3 unspecified atom stereocenters. The molecular formula is C22H24ClNO3. The van der Waals surface area contributed by atoms with E-state index in [0.29, 0.717) is 23.6 Å². The Hall–Kier alpha value is -1.88. The molecule has 142 valence electrons. The second-order valence-electron chi connectivity index (χ2n) is 7.36. The Morgan fingerprint density at radius 2 is 1.93 bits per heavy atom. The molecule has 4 rings (SSSR count). The highest BCUT2D eigenvalue weighted by Gasteiger charge is 2.53. The van der Waals surface area contributed by atoms with Gasteiger partial charge >= 0.3 is 0 Å². The number of nitrogens with zero attached hydrogens (tertiary/aromatic N) is 1. The van der Waals surface area contributed by atoms with Crippen molar-refractivity contribution in [1.29, 1.82) is 0 Å². The third-order valence-corrected chi connectivity index (χ3v) is 5.78. The zero-order valence-corrected chi connectivity index (χ0v) is 16.2. The van der Waals surface area contributed by atoms with Crippen molar-refractivity contribution >= 4 is 17.5 Å². The fraction of sp³-hybridized carbons (Fsp3) is 0.409. The van der Waals surface area contributed by atoms with Crippen LogP contribution in [0.4, 0.5) is 0 Å². The van der Waals surface area contributed by atoms with Gasteiger partial charge in [0.2, 0.25) is 0 Å². The number of hydrogen-bond acceptors (Lipinski definition) is 3. The fourth-order valence-electron chi connectivity index (χ4n) is 4.33. The average Bonchev–Trinajstić information content (AvgIpc) is 3.18. The predicted molar refractivity (Wildman–Crippen MR) is 105 cm³/mol. The van der Waals surface area contributed by atoms with E-state index < -0.39 is 5.72 Å². The van der Waals surface area contributed by atoms with Crippen LogP contribution in [0.1, 0.15) is 54.1 Å². The number of benzene rings is 2. The van der Waals surface area contributed by atoms with E-state index in [-0.39, 0.29) is 18.1 Å². The molecule has 2 aliphatic rings. The van der Waals surface area contributed by atoms with Crippen molar-refractivity contribution in [2.24, 2.45) is 0 Å². The maximum atomic E-state index is 13.3. The summed E-state index contributed by atoms with van der Waals surface area (Å²) in [6.07, 6.45) is 2.48. The molecule has 2 aromatic rings. The highest BCUT2D eigenvalue weighted by Crippen LogP contribution is 2.47. The summed E-state index contributed by atoms with van der Waals surface area (Å²) in [7, 11) is 0. The highest BCUT2D eigenvalue weighted by atomic mass is 35.5. The quantitative estimate of drug-likeness (QED) is 0.833. The van der Waals surface area contributed by atoms with E-state index in [1.54, 1.807) is 0 Å². The molecule has 0 radical (unpaired) electrons. The van der Waals surface area contributed by atoms with Gasteiger partial charge in [-0.2, -0.15) is 0 Å². The number of hydrogen-bond donors (Lipinski definition) is 1. The summed E-state index contributed by atoms with van der Waals surface area (Å²) in [5.41, 5.74) is 1.45. The van der Waals surface area contributed by atoms with E-state index in [2.05, 4.69) is 6.92 Å². The molecule has 0 aromatic heterocycles. The lowest BCUT2D eigenvalue weighted by molar-refractivity contribution is -0.144. The van der Waals surface area contributed by atoms with Crippen LogP contribution in [0.2, 0.25) is 5.02 Å². The Kier molecular flexibility index (Phi) is 4.97. The molecule has 0 bridgehead atoms. The first-order valence-electron chi connectivity index (χ1n) is 9.59. The Balaban J connectivity index is 1.89. The van der Waals surface area contributed by atoms with Gasteiger partial charge < -0.3 is 14.7 Å². The first kappa shape index (κ1) is 18.5. The Labute approximate surface area is 164 Å². The minimum atomic E-state index is -0.983. The number of carbonyl (C=O) groups is 1. The highest BCUT2D eigenvalue weighted by molar-refractivity contribution is 6.30. The van der Waals surface area contributed by atoms with Gasteiger partial charge in [-0.1, -0.05) is 48.9 Å². The second kappa shape index (κ2) is 7.27. The van der Waals surface area contributed by atoms with E-state index >= 15 is 0 Å². The SMILES string of the molecule is CCCN1C(=O)c2ccccc2C1(OC1CCC(O)C1)c1ccc(Cl)cc1. The van der Waals surface area contributed by atoms with Gasteiger partial charge in [-0.3, -0.25) is 4.79 Å². The van der Waals surface area contributed by atoms with E-state index in [0.717, 1.165) is 30.4 Å². The number of aliphatic hydroxyl groups is 1. The molecule has 1 aliphatic carbocycles. The predicted octanol–water partition coefficient (Wildman–Crippen LogP) is 4.34. The Morgan fingerprint density at radius 3 is 2.59 bits per heavy atom. The lowest BCUT2D eigenvalue weighted by atomic mass is 9.93. The largest absolute Gasteiger partial charge is 0.393 e. The topological polar surface area (TPSA) is 49.8 Å². The first-order chi connectivity index (χ1) is 13.1. The van der Waals surface area contributed by atoms with Crippen LogP contribution < -0.4 is 0 Å². The summed E-state index contributed by atoms with van der Waals surface area (Å²) in [6.45, 7) is 2.65. The normalized spacial score (nSPS) is 27.2. The summed E-state index contributed by atoms with van der Waals surface area (Å²) in [4.78, 5) is 15.1. The summed E-state index contributed by atoms with van der Waals surface area (Å²) < 4.78 is 6.72. The fourth-order valence-corrected chi connectivity index (χ4v) is 4.46. The van der Waals surface area contributed by atoms with Crippen LogP contribution >= 0.6 is 11.6 Å². The maximum absolute atomic E-state index is 13.3. The zero-order valence-electron chi connectivity index (χ0n) is 15.4. The Bertz CT molecular complexity index is 838. The molecule has 27 heavy (non-hydrogen) atoms. The van der Waals surface area contributed by atoms with Crippen LogP contribution in [0.15, 0.2) is 48.5 Å². The number of rotatable bonds is 5. The van der Waals surface area contributed by atoms with Crippen molar-refractivity contribution < 1.29 is 14.6 Å². The molecule has 0 spiro atoms. The molecule has 1 saturated carbocycles. The van der Waals surface area contributed by atoms with Crippen LogP contribution in [-0.2, 0) is 10.5 Å². The standard InChI is InChI=1S/C22H24ClNO3/c1-2-13-24-21(26)19-5-3-4-6-20(19)22(24,15-7-9-16(23)10-8-15)27-18-12-11-17(25)14-18/h3-10,17-18,25H,2,11-14H2,1H3. The van der Waals surface area contributed by atoms with Crippen molar-refractivity contribution in [2.75, 3.05) is 6.54 Å². The van der Waals surface area contributed by atoms with Gasteiger partial charge in [-0.05, 0) is 43.9 Å². The van der Waals surface area contributed by atoms with Gasteiger partial charge in [0.25, 0.3) is 5.91 Å². The van der Waals surface area contributed by atoms with Crippen LogP contribution in [0.5, 0.6) is 0 Å². The number of amides is 1. The number of aliphatic hydroxyl groups excluding tert-OH is 1. The van der Waals surface area contributed by atoms with Gasteiger partial charge in [0.05, 0.1) is 12.2 Å². The lowest BCUT2D eigenvalue weighted by Crippen LogP contribution is -2.49. The minimum absolute atomic E-state index is 0.0130. The van der Waals surface area contributed by atoms with Crippen molar-refractivity contribution in [3.8, 4) is 0 Å². The molecule has 1 N–H and O–H groups in total. The van der Waals surface area contributed by atoms with Crippen LogP contribution in [0.25, 0.3) is 0 Å². The average molecular weight is 386 g/mol. The monoisotopic (exact) mass is 385 g/mol. The number of fused-ring (bicyclic) bond motifs is 1. The van der Waals surface area contributed by atoms with Gasteiger partial charge in [-0.25, -0.2) is 0 Å². The molecule has 5 heteroatoms. The molecule has 1 fully saturated rings. The summed E-state index contributed by atoms with van der Waals surface area (Å²) in [5.74, 6) is -0.0130. The van der Waals surface area contributed by atoms with Crippen LogP contribution in [-0.4, -0.2) is 34.7 Å². The lowest BCUT2D eigenvalue weighted by Gasteiger charge is -2.41. The summed E-state index contributed by atoms with van der Waals surface area (Å²) in [6, 6.07) is 15.2. The smallest absolute Gasteiger partial charge is 0.257 e. The molecule has 0 saturated heterocycles. The third-order valence-electron chi connectivity index (χ3n) is 5.52. The zero-order chi connectivity index (χ0) is 19.0. The number of halogens is 1. The van der Waals surface area contributed by atoms with Gasteiger partial charge in [0.15, 0.2) is 5.72 Å². The maximum Gasteiger partial charge on any atom is 0.257 e. The molecule has 4 nitrogen and oxygen atoms in total. The molecule has 3 atom stereocenters.